The normalized spacial score (nSPS) is 11.4. The number of amides is 1. The van der Waals surface area contributed by atoms with E-state index >= 15 is 0 Å². The van der Waals surface area contributed by atoms with Crippen molar-refractivity contribution in [1.82, 2.24) is 4.98 Å². The van der Waals surface area contributed by atoms with Gasteiger partial charge in [-0.3, -0.25) is 9.78 Å². The molecule has 3 aromatic rings. The van der Waals surface area contributed by atoms with Gasteiger partial charge in [0.15, 0.2) is 0 Å². The Morgan fingerprint density at radius 2 is 1.77 bits per heavy atom. The fourth-order valence-electron chi connectivity index (χ4n) is 3.17. The smallest absolute Gasteiger partial charge is 0.214 e. The highest BCUT2D eigenvalue weighted by molar-refractivity contribution is 7.99. The zero-order chi connectivity index (χ0) is 23.0. The third-order valence-electron chi connectivity index (χ3n) is 4.47. The number of primary amides is 1. The SMILES string of the molecule is CC(N)=O.CCSc1c(C)cc(C(CN)c2ccccc2)nc1-c1cccc(Cl)c1Cl. The Morgan fingerprint density at radius 3 is 2.35 bits per heavy atom. The first-order chi connectivity index (χ1) is 14.8. The molecule has 0 saturated heterocycles. The summed E-state index contributed by atoms with van der Waals surface area (Å²) < 4.78 is 0. The highest BCUT2D eigenvalue weighted by Crippen LogP contribution is 2.40. The molecule has 2 aromatic carbocycles. The van der Waals surface area contributed by atoms with Gasteiger partial charge in [0.1, 0.15) is 0 Å². The molecule has 0 saturated carbocycles. The predicted molar refractivity (Wildman–Crippen MR) is 133 cm³/mol. The topological polar surface area (TPSA) is 82.0 Å². The van der Waals surface area contributed by atoms with Gasteiger partial charge in [-0.25, -0.2) is 0 Å². The minimum atomic E-state index is -0.333. The molecule has 3 rings (SSSR count). The summed E-state index contributed by atoms with van der Waals surface area (Å²) in [4.78, 5) is 15.4. The number of hydrogen-bond donors (Lipinski definition) is 2. The van der Waals surface area contributed by atoms with Crippen LogP contribution in [0.2, 0.25) is 10.0 Å². The number of halogens is 2. The van der Waals surface area contributed by atoms with Gasteiger partial charge in [-0.2, -0.15) is 0 Å². The van der Waals surface area contributed by atoms with Crippen molar-refractivity contribution >= 4 is 40.9 Å². The van der Waals surface area contributed by atoms with E-state index in [1.165, 1.54) is 12.5 Å². The van der Waals surface area contributed by atoms with Crippen LogP contribution in [0.15, 0.2) is 59.5 Å². The van der Waals surface area contributed by atoms with Gasteiger partial charge in [-0.05, 0) is 35.9 Å². The van der Waals surface area contributed by atoms with Gasteiger partial charge in [0.2, 0.25) is 5.91 Å². The minimum absolute atomic E-state index is 0.0299. The summed E-state index contributed by atoms with van der Waals surface area (Å²) in [6, 6.07) is 18.1. The molecule has 0 bridgehead atoms. The van der Waals surface area contributed by atoms with E-state index in [2.05, 4.69) is 37.8 Å². The number of nitrogens with two attached hydrogens (primary N) is 2. The molecule has 0 fully saturated rings. The molecule has 0 aliphatic heterocycles. The van der Waals surface area contributed by atoms with Gasteiger partial charge < -0.3 is 11.5 Å². The Kier molecular flexibility index (Phi) is 9.85. The van der Waals surface area contributed by atoms with Gasteiger partial charge in [0.05, 0.1) is 21.4 Å². The van der Waals surface area contributed by atoms with Crippen LogP contribution in [-0.2, 0) is 4.79 Å². The Bertz CT molecular complexity index is 1020. The standard InChI is InChI=1S/C22H22Cl2N2S.C2H5NO/c1-3-27-22-14(2)12-19(17(13-25)15-8-5-4-6-9-15)26-21(22)16-10-7-11-18(23)20(16)24;1-2(3)4/h4-12,17H,3,13,25H2,1-2H3;1H3,(H2,3,4). The number of rotatable bonds is 6. The van der Waals surface area contributed by atoms with Crippen molar-refractivity contribution in [3.63, 3.8) is 0 Å². The van der Waals surface area contributed by atoms with Crippen molar-refractivity contribution < 1.29 is 4.79 Å². The number of aryl methyl sites for hydroxylation is 1. The lowest BCUT2D eigenvalue weighted by atomic mass is 9.94. The largest absolute Gasteiger partial charge is 0.370 e. The van der Waals surface area contributed by atoms with Crippen LogP contribution >= 0.6 is 35.0 Å². The number of thioether (sulfide) groups is 1. The average molecular weight is 476 g/mol. The van der Waals surface area contributed by atoms with Crippen molar-refractivity contribution in [3.05, 3.63) is 81.5 Å². The molecule has 1 atom stereocenters. The number of pyridine rings is 1. The predicted octanol–water partition coefficient (Wildman–Crippen LogP) is 6.06. The van der Waals surface area contributed by atoms with Crippen molar-refractivity contribution in [1.29, 1.82) is 0 Å². The van der Waals surface area contributed by atoms with Gasteiger partial charge >= 0.3 is 0 Å². The summed E-state index contributed by atoms with van der Waals surface area (Å²) in [5.41, 5.74) is 15.6. The first-order valence-electron chi connectivity index (χ1n) is 9.89. The molecule has 1 unspecified atom stereocenters. The van der Waals surface area contributed by atoms with Crippen LogP contribution in [0.5, 0.6) is 0 Å². The Hall–Kier alpha value is -2.05. The first-order valence-corrected chi connectivity index (χ1v) is 11.6. The van der Waals surface area contributed by atoms with Crippen molar-refractivity contribution in [2.24, 2.45) is 11.5 Å². The lowest BCUT2D eigenvalue weighted by Gasteiger charge is -2.20. The lowest BCUT2D eigenvalue weighted by molar-refractivity contribution is -0.115. The molecule has 31 heavy (non-hydrogen) atoms. The second kappa shape index (κ2) is 12.1. The fourth-order valence-corrected chi connectivity index (χ4v) is 4.43. The number of benzene rings is 2. The number of carbonyl (C=O) groups excluding carboxylic acids is 1. The number of hydrogen-bond acceptors (Lipinski definition) is 4. The molecule has 1 heterocycles. The molecule has 4 N–H and O–H groups in total. The maximum Gasteiger partial charge on any atom is 0.214 e. The monoisotopic (exact) mass is 475 g/mol. The van der Waals surface area contributed by atoms with E-state index in [9.17, 15) is 4.79 Å². The Labute approximate surface area is 198 Å². The molecule has 4 nitrogen and oxygen atoms in total. The van der Waals surface area contributed by atoms with E-state index in [1.54, 1.807) is 17.8 Å². The first kappa shape index (κ1) is 25.2. The van der Waals surface area contributed by atoms with Crippen LogP contribution in [0, 0.1) is 6.92 Å². The minimum Gasteiger partial charge on any atom is -0.370 e. The van der Waals surface area contributed by atoms with Crippen molar-refractivity contribution in [2.75, 3.05) is 12.3 Å². The molecule has 7 heteroatoms. The second-order valence-corrected chi connectivity index (χ2v) is 8.95. The van der Waals surface area contributed by atoms with Crippen LogP contribution in [0.25, 0.3) is 11.3 Å². The quantitative estimate of drug-likeness (QED) is 0.424. The van der Waals surface area contributed by atoms with Crippen molar-refractivity contribution in [3.8, 4) is 11.3 Å². The summed E-state index contributed by atoms with van der Waals surface area (Å²) in [7, 11) is 0. The van der Waals surface area contributed by atoms with E-state index < -0.39 is 0 Å². The lowest BCUT2D eigenvalue weighted by Crippen LogP contribution is -2.16. The third-order valence-corrected chi connectivity index (χ3v) is 6.38. The Morgan fingerprint density at radius 1 is 1.13 bits per heavy atom. The molecule has 0 spiro atoms. The maximum atomic E-state index is 9.22. The van der Waals surface area contributed by atoms with Crippen LogP contribution in [0.3, 0.4) is 0 Å². The van der Waals surface area contributed by atoms with E-state index in [1.807, 2.05) is 30.3 Å². The molecule has 1 aromatic heterocycles. The van der Waals surface area contributed by atoms with E-state index in [4.69, 9.17) is 33.9 Å². The molecule has 1 amide bonds. The summed E-state index contributed by atoms with van der Waals surface area (Å²) in [5, 5.41) is 1.06. The zero-order valence-corrected chi connectivity index (χ0v) is 20.2. The number of aromatic nitrogens is 1. The molecule has 0 aliphatic carbocycles. The molecular weight excluding hydrogens is 449 g/mol. The van der Waals surface area contributed by atoms with Crippen LogP contribution in [0.1, 0.15) is 36.6 Å². The van der Waals surface area contributed by atoms with E-state index in [0.717, 1.165) is 33.2 Å². The second-order valence-electron chi connectivity index (χ2n) is 6.89. The van der Waals surface area contributed by atoms with E-state index in [0.29, 0.717) is 16.6 Å². The van der Waals surface area contributed by atoms with Gasteiger partial charge in [-0.1, -0.05) is 72.6 Å². The molecular formula is C24H27Cl2N3OS. The van der Waals surface area contributed by atoms with Gasteiger partial charge in [-0.15, -0.1) is 11.8 Å². The highest BCUT2D eigenvalue weighted by atomic mass is 35.5. The summed E-state index contributed by atoms with van der Waals surface area (Å²) >= 11 is 14.6. The fraction of sp³-hybridized carbons (Fsp3) is 0.250. The molecule has 164 valence electrons. The number of nitrogens with zero attached hydrogens (tertiary/aromatic N) is 1. The van der Waals surface area contributed by atoms with Gasteiger partial charge in [0, 0.05) is 29.8 Å². The summed E-state index contributed by atoms with van der Waals surface area (Å²) in [5.74, 6) is 0.647. The molecule has 0 radical (unpaired) electrons. The highest BCUT2D eigenvalue weighted by Gasteiger charge is 2.20. The summed E-state index contributed by atoms with van der Waals surface area (Å²) in [6.45, 7) is 6.04. The van der Waals surface area contributed by atoms with Crippen LogP contribution in [0.4, 0.5) is 0 Å². The molecule has 0 aliphatic rings. The Balaban J connectivity index is 0.000000785. The average Bonchev–Trinajstić information content (AvgIpc) is 2.73. The van der Waals surface area contributed by atoms with Crippen LogP contribution in [-0.4, -0.2) is 23.2 Å². The van der Waals surface area contributed by atoms with Crippen LogP contribution < -0.4 is 11.5 Å². The van der Waals surface area contributed by atoms with Gasteiger partial charge in [0.25, 0.3) is 0 Å². The van der Waals surface area contributed by atoms with Crippen molar-refractivity contribution in [2.45, 2.75) is 31.6 Å². The maximum absolute atomic E-state index is 9.22. The summed E-state index contributed by atoms with van der Waals surface area (Å²) in [6.07, 6.45) is 0. The number of carbonyl (C=O) groups is 1. The third kappa shape index (κ3) is 6.71. The van der Waals surface area contributed by atoms with E-state index in [-0.39, 0.29) is 11.8 Å². The zero-order valence-electron chi connectivity index (χ0n) is 17.9.